The van der Waals surface area contributed by atoms with Crippen LogP contribution in [0.5, 0.6) is 0 Å². The van der Waals surface area contributed by atoms with Gasteiger partial charge in [0.25, 0.3) is 5.91 Å². The number of sulfone groups is 1. The summed E-state index contributed by atoms with van der Waals surface area (Å²) in [5.41, 5.74) is 0.573. The van der Waals surface area contributed by atoms with Gasteiger partial charge in [-0.1, -0.05) is 6.92 Å². The van der Waals surface area contributed by atoms with Crippen LogP contribution < -0.4 is 0 Å². The summed E-state index contributed by atoms with van der Waals surface area (Å²) in [6.07, 6.45) is 0. The molecular formula is C13H18INO3S. The fourth-order valence-electron chi connectivity index (χ4n) is 1.59. The average Bonchev–Trinajstić information content (AvgIpc) is 2.37. The lowest BCUT2D eigenvalue weighted by Crippen LogP contribution is -2.39. The van der Waals surface area contributed by atoms with Crippen molar-refractivity contribution in [2.24, 2.45) is 0 Å². The summed E-state index contributed by atoms with van der Waals surface area (Å²) in [5, 5.41) is 0. The molecule has 1 aromatic carbocycles. The predicted octanol–water partition coefficient (Wildman–Crippen LogP) is 2.19. The van der Waals surface area contributed by atoms with Gasteiger partial charge in [-0.3, -0.25) is 4.79 Å². The van der Waals surface area contributed by atoms with Crippen molar-refractivity contribution in [1.82, 2.24) is 4.90 Å². The minimum absolute atomic E-state index is 0.00386. The third kappa shape index (κ3) is 4.76. The van der Waals surface area contributed by atoms with Crippen molar-refractivity contribution in [3.05, 3.63) is 33.4 Å². The predicted molar refractivity (Wildman–Crippen MR) is 85.0 cm³/mol. The van der Waals surface area contributed by atoms with Crippen LogP contribution in [0.3, 0.4) is 0 Å². The zero-order chi connectivity index (χ0) is 14.6. The number of benzene rings is 1. The number of hydrogen-bond donors (Lipinski definition) is 0. The maximum atomic E-state index is 12.2. The Kier molecular flexibility index (Phi) is 5.79. The third-order valence-corrected chi connectivity index (χ3v) is 5.60. The van der Waals surface area contributed by atoms with Gasteiger partial charge >= 0.3 is 0 Å². The molecule has 106 valence electrons. The lowest BCUT2D eigenvalue weighted by Gasteiger charge is -2.24. The van der Waals surface area contributed by atoms with Crippen molar-refractivity contribution in [1.29, 1.82) is 0 Å². The van der Waals surface area contributed by atoms with Crippen molar-refractivity contribution in [3.8, 4) is 0 Å². The number of nitrogens with zero attached hydrogens (tertiary/aromatic N) is 1. The van der Waals surface area contributed by atoms with Gasteiger partial charge in [0, 0.05) is 28.0 Å². The van der Waals surface area contributed by atoms with Gasteiger partial charge in [-0.25, -0.2) is 8.42 Å². The maximum absolute atomic E-state index is 12.2. The SMILES string of the molecule is CCS(=O)(=O)CC(C)N(C)C(=O)c1ccc(I)cc1. The van der Waals surface area contributed by atoms with Gasteiger partial charge in [0.1, 0.15) is 0 Å². The van der Waals surface area contributed by atoms with Crippen LogP contribution in [-0.4, -0.2) is 43.8 Å². The molecule has 0 aliphatic rings. The highest BCUT2D eigenvalue weighted by atomic mass is 127. The highest BCUT2D eigenvalue weighted by Gasteiger charge is 2.22. The number of carbonyl (C=O) groups is 1. The summed E-state index contributed by atoms with van der Waals surface area (Å²) in [6.45, 7) is 3.36. The first-order valence-electron chi connectivity index (χ1n) is 6.00. The van der Waals surface area contributed by atoms with Gasteiger partial charge in [0.15, 0.2) is 9.84 Å². The molecule has 1 aromatic rings. The largest absolute Gasteiger partial charge is 0.338 e. The first-order valence-corrected chi connectivity index (χ1v) is 8.90. The lowest BCUT2D eigenvalue weighted by atomic mass is 10.2. The Labute approximate surface area is 128 Å². The number of amides is 1. The van der Waals surface area contributed by atoms with Crippen LogP contribution in [0, 0.1) is 3.57 Å². The second kappa shape index (κ2) is 6.69. The van der Waals surface area contributed by atoms with E-state index in [2.05, 4.69) is 22.6 Å². The quantitative estimate of drug-likeness (QED) is 0.719. The topological polar surface area (TPSA) is 54.5 Å². The number of carbonyl (C=O) groups excluding carboxylic acids is 1. The van der Waals surface area contributed by atoms with E-state index in [9.17, 15) is 13.2 Å². The van der Waals surface area contributed by atoms with Crippen LogP contribution >= 0.6 is 22.6 Å². The Morgan fingerprint density at radius 2 is 1.84 bits per heavy atom. The molecule has 0 aromatic heterocycles. The van der Waals surface area contributed by atoms with E-state index < -0.39 is 9.84 Å². The van der Waals surface area contributed by atoms with E-state index in [1.165, 1.54) is 4.90 Å². The van der Waals surface area contributed by atoms with E-state index in [4.69, 9.17) is 0 Å². The van der Waals surface area contributed by atoms with Crippen LogP contribution in [-0.2, 0) is 9.84 Å². The van der Waals surface area contributed by atoms with E-state index >= 15 is 0 Å². The van der Waals surface area contributed by atoms with Crippen LogP contribution in [0.25, 0.3) is 0 Å². The van der Waals surface area contributed by atoms with Gasteiger partial charge in [-0.2, -0.15) is 0 Å². The van der Waals surface area contributed by atoms with Gasteiger partial charge in [-0.05, 0) is 53.8 Å². The highest BCUT2D eigenvalue weighted by Crippen LogP contribution is 2.11. The summed E-state index contributed by atoms with van der Waals surface area (Å²) in [5.74, 6) is -0.0610. The molecule has 0 N–H and O–H groups in total. The monoisotopic (exact) mass is 395 g/mol. The fraction of sp³-hybridized carbons (Fsp3) is 0.462. The molecule has 1 amide bonds. The molecule has 0 bridgehead atoms. The molecule has 1 rings (SSSR count). The second-order valence-corrected chi connectivity index (χ2v) is 8.11. The molecule has 0 spiro atoms. The standard InChI is InChI=1S/C13H18INO3S/c1-4-19(17,18)9-10(2)15(3)13(16)11-5-7-12(14)8-6-11/h5-8,10H,4,9H2,1-3H3. The van der Waals surface area contributed by atoms with Crippen molar-refractivity contribution in [3.63, 3.8) is 0 Å². The van der Waals surface area contributed by atoms with Gasteiger partial charge < -0.3 is 4.90 Å². The molecular weight excluding hydrogens is 377 g/mol. The molecule has 4 nitrogen and oxygen atoms in total. The Morgan fingerprint density at radius 1 is 1.32 bits per heavy atom. The minimum atomic E-state index is -3.08. The van der Waals surface area contributed by atoms with Crippen molar-refractivity contribution in [2.45, 2.75) is 19.9 Å². The van der Waals surface area contributed by atoms with Gasteiger partial charge in [-0.15, -0.1) is 0 Å². The first kappa shape index (κ1) is 16.4. The summed E-state index contributed by atoms with van der Waals surface area (Å²) in [4.78, 5) is 13.7. The molecule has 0 saturated heterocycles. The van der Waals surface area contributed by atoms with Crippen molar-refractivity contribution >= 4 is 38.3 Å². The van der Waals surface area contributed by atoms with E-state index in [0.717, 1.165) is 3.57 Å². The summed E-state index contributed by atoms with van der Waals surface area (Å²) < 4.78 is 24.2. The Bertz CT molecular complexity index is 540. The van der Waals surface area contributed by atoms with E-state index in [1.54, 1.807) is 33.0 Å². The molecule has 0 aliphatic carbocycles. The average molecular weight is 395 g/mol. The normalized spacial score (nSPS) is 13.1. The zero-order valence-electron chi connectivity index (χ0n) is 11.3. The minimum Gasteiger partial charge on any atom is -0.338 e. The maximum Gasteiger partial charge on any atom is 0.253 e. The van der Waals surface area contributed by atoms with E-state index in [1.807, 2.05) is 12.1 Å². The third-order valence-electron chi connectivity index (χ3n) is 3.01. The second-order valence-electron chi connectivity index (χ2n) is 4.47. The van der Waals surface area contributed by atoms with Gasteiger partial charge in [0.05, 0.1) is 5.75 Å². The Balaban J connectivity index is 2.79. The van der Waals surface area contributed by atoms with Crippen molar-refractivity contribution in [2.75, 3.05) is 18.6 Å². The molecule has 0 radical (unpaired) electrons. The van der Waals surface area contributed by atoms with Gasteiger partial charge in [0.2, 0.25) is 0 Å². The molecule has 0 heterocycles. The first-order chi connectivity index (χ1) is 8.76. The summed E-state index contributed by atoms with van der Waals surface area (Å²) in [6, 6.07) is 6.88. The molecule has 1 unspecified atom stereocenters. The molecule has 0 saturated carbocycles. The van der Waals surface area contributed by atoms with Crippen molar-refractivity contribution < 1.29 is 13.2 Å². The van der Waals surface area contributed by atoms with E-state index in [0.29, 0.717) is 5.56 Å². The number of halogens is 1. The van der Waals surface area contributed by atoms with Crippen LogP contribution in [0.1, 0.15) is 24.2 Å². The van der Waals surface area contributed by atoms with Crippen LogP contribution in [0.4, 0.5) is 0 Å². The molecule has 1 atom stereocenters. The zero-order valence-corrected chi connectivity index (χ0v) is 14.2. The molecule has 19 heavy (non-hydrogen) atoms. The Morgan fingerprint density at radius 3 is 2.32 bits per heavy atom. The summed E-state index contributed by atoms with van der Waals surface area (Å²) in [7, 11) is -1.45. The summed E-state index contributed by atoms with van der Waals surface area (Å²) >= 11 is 2.17. The number of rotatable bonds is 5. The number of hydrogen-bond acceptors (Lipinski definition) is 3. The smallest absolute Gasteiger partial charge is 0.253 e. The van der Waals surface area contributed by atoms with Crippen LogP contribution in [0.2, 0.25) is 0 Å². The highest BCUT2D eigenvalue weighted by molar-refractivity contribution is 14.1. The molecule has 6 heteroatoms. The lowest BCUT2D eigenvalue weighted by molar-refractivity contribution is 0.0757. The molecule has 0 fully saturated rings. The molecule has 0 aliphatic heterocycles. The Hall–Kier alpha value is -0.630. The van der Waals surface area contributed by atoms with Crippen LogP contribution in [0.15, 0.2) is 24.3 Å². The van der Waals surface area contributed by atoms with E-state index in [-0.39, 0.29) is 23.5 Å². The fourth-order valence-corrected chi connectivity index (χ4v) is 3.15.